The SMILES string of the molecule is NC(=O)N=S(=O)(F)F. The number of nitrogens with two attached hydrogens (primary N) is 1. The summed E-state index contributed by atoms with van der Waals surface area (Å²) in [6.07, 6.45) is 0. The molecule has 0 aliphatic carbocycles. The Labute approximate surface area is 44.4 Å². The molecule has 0 fully saturated rings. The van der Waals surface area contributed by atoms with Gasteiger partial charge in [0.2, 0.25) is 0 Å². The van der Waals surface area contributed by atoms with Gasteiger partial charge in [0.25, 0.3) is 0 Å². The second-order valence-electron chi connectivity index (χ2n) is 0.826. The van der Waals surface area contributed by atoms with Crippen molar-refractivity contribution in [2.45, 2.75) is 0 Å². The quantitative estimate of drug-likeness (QED) is 0.496. The average molecular weight is 144 g/mol. The van der Waals surface area contributed by atoms with E-state index in [1.54, 1.807) is 4.36 Å². The number of nitrogens with zero attached hydrogens (tertiary/aromatic N) is 1. The predicted molar refractivity (Wildman–Crippen MR) is 22.4 cm³/mol. The summed E-state index contributed by atoms with van der Waals surface area (Å²) >= 11 is 0. The molecule has 0 radical (unpaired) electrons. The van der Waals surface area contributed by atoms with Crippen LogP contribution < -0.4 is 5.73 Å². The maximum Gasteiger partial charge on any atom is 0.376 e. The molecule has 0 saturated heterocycles. The largest absolute Gasteiger partial charge is 0.376 e. The standard InChI is InChI=1S/CH2F2N2O2S/c2-8(3,7)5-1(4)6/h(H2,4,6). The van der Waals surface area contributed by atoms with Crippen molar-refractivity contribution in [3.8, 4) is 0 Å². The van der Waals surface area contributed by atoms with Crippen LogP contribution in [0.5, 0.6) is 0 Å². The van der Waals surface area contributed by atoms with E-state index in [2.05, 4.69) is 5.73 Å². The lowest BCUT2D eigenvalue weighted by Gasteiger charge is -1.77. The van der Waals surface area contributed by atoms with E-state index in [1.807, 2.05) is 0 Å². The van der Waals surface area contributed by atoms with Gasteiger partial charge in [0.1, 0.15) is 0 Å². The van der Waals surface area contributed by atoms with Crippen molar-refractivity contribution in [3.05, 3.63) is 0 Å². The molecule has 2 amide bonds. The molecular weight excluding hydrogens is 142 g/mol. The van der Waals surface area contributed by atoms with Gasteiger partial charge in [-0.15, -0.1) is 0 Å². The molecule has 0 aromatic rings. The Kier molecular flexibility index (Phi) is 1.85. The first-order valence-electron chi connectivity index (χ1n) is 1.37. The van der Waals surface area contributed by atoms with Gasteiger partial charge in [0.15, 0.2) is 0 Å². The Morgan fingerprint density at radius 1 is 1.62 bits per heavy atom. The lowest BCUT2D eigenvalue weighted by Crippen LogP contribution is -2.04. The fraction of sp³-hybridized carbons (Fsp3) is 0. The van der Waals surface area contributed by atoms with Crippen molar-refractivity contribution in [2.24, 2.45) is 10.1 Å². The molecule has 8 heavy (non-hydrogen) atoms. The molecule has 48 valence electrons. The van der Waals surface area contributed by atoms with Crippen molar-refractivity contribution in [1.82, 2.24) is 0 Å². The van der Waals surface area contributed by atoms with Gasteiger partial charge in [-0.1, -0.05) is 12.1 Å². The smallest absolute Gasteiger partial charge is 0.349 e. The molecule has 0 aliphatic heterocycles. The van der Waals surface area contributed by atoms with Crippen LogP contribution in [0.25, 0.3) is 0 Å². The normalized spacial score (nSPS) is 10.8. The molecule has 0 aliphatic rings. The second kappa shape index (κ2) is 2.03. The van der Waals surface area contributed by atoms with Gasteiger partial charge in [-0.25, -0.2) is 4.79 Å². The van der Waals surface area contributed by atoms with Crippen molar-refractivity contribution in [2.75, 3.05) is 0 Å². The predicted octanol–water partition coefficient (Wildman–Crippen LogP) is 0.302. The number of hydrogen-bond acceptors (Lipinski definition) is 2. The van der Waals surface area contributed by atoms with E-state index in [1.165, 1.54) is 0 Å². The third-order valence-electron chi connectivity index (χ3n) is 0.196. The highest BCUT2D eigenvalue weighted by Gasteiger charge is 2.01. The molecule has 0 aromatic heterocycles. The van der Waals surface area contributed by atoms with Crippen LogP contribution in [-0.2, 0) is 10.5 Å². The molecular formula is CH2F2N2O2S. The highest BCUT2D eigenvalue weighted by atomic mass is 32.3. The molecule has 2 N–H and O–H groups in total. The van der Waals surface area contributed by atoms with Gasteiger partial charge in [-0.05, 0) is 0 Å². The lowest BCUT2D eigenvalue weighted by molar-refractivity contribution is 0.257. The second-order valence-corrected chi connectivity index (χ2v) is 1.80. The molecule has 0 heterocycles. The van der Waals surface area contributed by atoms with E-state index in [9.17, 15) is 16.8 Å². The summed E-state index contributed by atoms with van der Waals surface area (Å²) in [5.41, 5.74) is 4.11. The van der Waals surface area contributed by atoms with E-state index >= 15 is 0 Å². The zero-order valence-corrected chi connectivity index (χ0v) is 4.32. The van der Waals surface area contributed by atoms with Crippen LogP contribution in [0.2, 0.25) is 0 Å². The van der Waals surface area contributed by atoms with Crippen LogP contribution >= 0.6 is 0 Å². The molecule has 0 bridgehead atoms. The van der Waals surface area contributed by atoms with Gasteiger partial charge in [0.05, 0.1) is 0 Å². The molecule has 0 atom stereocenters. The van der Waals surface area contributed by atoms with E-state index in [-0.39, 0.29) is 0 Å². The number of carbonyl (C=O) groups is 1. The van der Waals surface area contributed by atoms with E-state index < -0.39 is 16.5 Å². The van der Waals surface area contributed by atoms with E-state index in [4.69, 9.17) is 0 Å². The van der Waals surface area contributed by atoms with Crippen molar-refractivity contribution in [1.29, 1.82) is 0 Å². The number of carbonyl (C=O) groups excluding carboxylic acids is 1. The Bertz CT molecular complexity index is 196. The number of rotatable bonds is 0. The Morgan fingerprint density at radius 3 is 2.00 bits per heavy atom. The van der Waals surface area contributed by atoms with Gasteiger partial charge in [-0.2, -0.15) is 4.21 Å². The average Bonchev–Trinajstić information content (AvgIpc) is 1.21. The third-order valence-corrected chi connectivity index (χ3v) is 0.589. The Morgan fingerprint density at radius 2 is 2.00 bits per heavy atom. The number of hydrogen-bond donors (Lipinski definition) is 1. The zero-order chi connectivity index (χ0) is 6.78. The topological polar surface area (TPSA) is 72.5 Å². The monoisotopic (exact) mass is 144 g/mol. The highest BCUT2D eigenvalue weighted by molar-refractivity contribution is 7.83. The summed E-state index contributed by atoms with van der Waals surface area (Å²) in [4.78, 5) is 9.41. The van der Waals surface area contributed by atoms with Gasteiger partial charge in [-0.3, -0.25) is 0 Å². The summed E-state index contributed by atoms with van der Waals surface area (Å²) < 4.78 is 33.0. The first-order valence-corrected chi connectivity index (χ1v) is 2.69. The highest BCUT2D eigenvalue weighted by Crippen LogP contribution is 1.96. The first-order chi connectivity index (χ1) is 3.42. The zero-order valence-electron chi connectivity index (χ0n) is 3.51. The Balaban J connectivity index is 4.44. The van der Waals surface area contributed by atoms with Crippen LogP contribution in [0.15, 0.2) is 4.36 Å². The van der Waals surface area contributed by atoms with Gasteiger partial charge in [0, 0.05) is 0 Å². The molecule has 0 unspecified atom stereocenters. The van der Waals surface area contributed by atoms with Gasteiger partial charge >= 0.3 is 16.5 Å². The molecule has 0 rings (SSSR count). The summed E-state index contributed by atoms with van der Waals surface area (Å²) in [5, 5.41) is 0. The minimum Gasteiger partial charge on any atom is -0.349 e. The fourth-order valence-electron chi connectivity index (χ4n) is 0.105. The first kappa shape index (κ1) is 7.28. The van der Waals surface area contributed by atoms with Crippen LogP contribution in [-0.4, -0.2) is 10.2 Å². The molecule has 0 saturated carbocycles. The fourth-order valence-corrected chi connectivity index (χ4v) is 0.314. The summed E-state index contributed by atoms with van der Waals surface area (Å²) in [6.45, 7) is 0. The molecule has 0 spiro atoms. The number of primary amides is 1. The Hall–Kier alpha value is -0.720. The number of amides is 2. The number of urea groups is 1. The van der Waals surface area contributed by atoms with Crippen LogP contribution in [0.1, 0.15) is 0 Å². The number of halogens is 2. The third kappa shape index (κ3) is 5.28. The minimum atomic E-state index is -5.32. The maximum atomic E-state index is 11.0. The molecule has 0 aromatic carbocycles. The molecule has 4 nitrogen and oxygen atoms in total. The minimum absolute atomic E-state index is 1.63. The summed E-state index contributed by atoms with van der Waals surface area (Å²) in [6, 6.07) is -1.63. The van der Waals surface area contributed by atoms with Crippen LogP contribution in [0, 0.1) is 0 Å². The van der Waals surface area contributed by atoms with Crippen LogP contribution in [0.4, 0.5) is 12.6 Å². The lowest BCUT2D eigenvalue weighted by atomic mass is 11.2. The van der Waals surface area contributed by atoms with E-state index in [0.29, 0.717) is 0 Å². The summed E-state index contributed by atoms with van der Waals surface area (Å²) in [7, 11) is -5.32. The maximum absolute atomic E-state index is 11.0. The molecule has 7 heteroatoms. The van der Waals surface area contributed by atoms with Crippen molar-refractivity contribution in [3.63, 3.8) is 0 Å². The summed E-state index contributed by atoms with van der Waals surface area (Å²) in [5.74, 6) is 0. The van der Waals surface area contributed by atoms with Crippen molar-refractivity contribution < 1.29 is 16.8 Å². The van der Waals surface area contributed by atoms with Crippen LogP contribution in [0.3, 0.4) is 0 Å². The van der Waals surface area contributed by atoms with E-state index in [0.717, 1.165) is 0 Å². The van der Waals surface area contributed by atoms with Gasteiger partial charge < -0.3 is 5.73 Å². The van der Waals surface area contributed by atoms with Crippen molar-refractivity contribution >= 4 is 16.5 Å².